The third-order valence-corrected chi connectivity index (χ3v) is 3.24. The lowest BCUT2D eigenvalue weighted by molar-refractivity contribution is 0.0759. The van der Waals surface area contributed by atoms with Crippen molar-refractivity contribution in [3.63, 3.8) is 0 Å². The molecule has 4 nitrogen and oxygen atoms in total. The third kappa shape index (κ3) is 4.73. The van der Waals surface area contributed by atoms with E-state index in [0.717, 1.165) is 19.5 Å². The number of nitrogen functional groups attached to an aromatic ring is 1. The molecule has 0 aromatic heterocycles. The van der Waals surface area contributed by atoms with Crippen LogP contribution in [0, 0.1) is 0 Å². The molecule has 0 unspecified atom stereocenters. The lowest BCUT2D eigenvalue weighted by Gasteiger charge is -2.22. The van der Waals surface area contributed by atoms with Crippen molar-refractivity contribution in [3.05, 3.63) is 28.8 Å². The summed E-state index contributed by atoms with van der Waals surface area (Å²) < 4.78 is 0. The van der Waals surface area contributed by atoms with Gasteiger partial charge in [-0.1, -0.05) is 11.6 Å². The average molecular weight is 284 g/mol. The van der Waals surface area contributed by atoms with Gasteiger partial charge in [0.25, 0.3) is 5.91 Å². The fourth-order valence-corrected chi connectivity index (χ4v) is 2.13. The molecule has 0 bridgehead atoms. The van der Waals surface area contributed by atoms with E-state index in [9.17, 15) is 4.79 Å². The zero-order valence-electron chi connectivity index (χ0n) is 11.8. The van der Waals surface area contributed by atoms with Crippen LogP contribution in [0.3, 0.4) is 0 Å². The molecule has 0 aliphatic rings. The lowest BCUT2D eigenvalue weighted by Crippen LogP contribution is -2.33. The van der Waals surface area contributed by atoms with Crippen LogP contribution in [0.1, 0.15) is 23.7 Å². The minimum atomic E-state index is -0.0359. The van der Waals surface area contributed by atoms with Crippen molar-refractivity contribution in [1.29, 1.82) is 0 Å². The monoisotopic (exact) mass is 283 g/mol. The summed E-state index contributed by atoms with van der Waals surface area (Å²) in [6.07, 6.45) is 0.944. The number of anilines is 1. The topological polar surface area (TPSA) is 49.6 Å². The van der Waals surface area contributed by atoms with Gasteiger partial charge in [-0.2, -0.15) is 0 Å². The number of nitrogens with two attached hydrogens (primary N) is 1. The molecule has 1 rings (SSSR count). The number of nitrogens with zero attached hydrogens (tertiary/aromatic N) is 2. The molecule has 0 aliphatic heterocycles. The minimum absolute atomic E-state index is 0.0359. The maximum atomic E-state index is 12.4. The van der Waals surface area contributed by atoms with Crippen molar-refractivity contribution in [2.75, 3.05) is 39.5 Å². The van der Waals surface area contributed by atoms with Gasteiger partial charge in [-0.25, -0.2) is 0 Å². The van der Waals surface area contributed by atoms with Gasteiger partial charge in [-0.15, -0.1) is 0 Å². The number of benzene rings is 1. The third-order valence-electron chi connectivity index (χ3n) is 2.93. The van der Waals surface area contributed by atoms with E-state index in [1.807, 2.05) is 21.0 Å². The predicted octanol–water partition coefficient (Wildman–Crippen LogP) is 2.34. The fraction of sp³-hybridized carbons (Fsp3) is 0.500. The first-order valence-corrected chi connectivity index (χ1v) is 6.82. The number of carbonyl (C=O) groups is 1. The Hall–Kier alpha value is -1.26. The maximum absolute atomic E-state index is 12.4. The molecule has 1 aromatic carbocycles. The zero-order valence-corrected chi connectivity index (χ0v) is 12.6. The van der Waals surface area contributed by atoms with Gasteiger partial charge in [-0.3, -0.25) is 4.79 Å². The first kappa shape index (κ1) is 15.8. The summed E-state index contributed by atoms with van der Waals surface area (Å²) in [6.45, 7) is 4.33. The van der Waals surface area contributed by atoms with Crippen molar-refractivity contribution in [2.45, 2.75) is 13.3 Å². The first-order valence-electron chi connectivity index (χ1n) is 6.44. The highest BCUT2D eigenvalue weighted by Crippen LogP contribution is 2.20. The Balaban J connectivity index is 2.72. The minimum Gasteiger partial charge on any atom is -0.399 e. The Morgan fingerprint density at radius 3 is 2.53 bits per heavy atom. The molecular weight excluding hydrogens is 262 g/mol. The lowest BCUT2D eigenvalue weighted by atomic mass is 10.1. The summed E-state index contributed by atoms with van der Waals surface area (Å²) in [5.74, 6) is -0.0359. The number of rotatable bonds is 6. The van der Waals surface area contributed by atoms with Crippen LogP contribution in [0.5, 0.6) is 0 Å². The van der Waals surface area contributed by atoms with Crippen LogP contribution in [0.4, 0.5) is 5.69 Å². The molecule has 0 saturated carbocycles. The SMILES string of the molecule is CCN(CCCN(C)C)C(=O)c1ccc(N)cc1Cl. The molecule has 2 N–H and O–H groups in total. The summed E-state index contributed by atoms with van der Waals surface area (Å²) in [7, 11) is 4.05. The van der Waals surface area contributed by atoms with Crippen LogP contribution >= 0.6 is 11.6 Å². The molecule has 1 aromatic rings. The Morgan fingerprint density at radius 1 is 1.32 bits per heavy atom. The number of amides is 1. The fourth-order valence-electron chi connectivity index (χ4n) is 1.86. The van der Waals surface area contributed by atoms with Crippen molar-refractivity contribution in [1.82, 2.24) is 9.80 Å². The van der Waals surface area contributed by atoms with E-state index in [1.165, 1.54) is 0 Å². The smallest absolute Gasteiger partial charge is 0.255 e. The molecular formula is C14H22ClN3O. The number of halogens is 1. The van der Waals surface area contributed by atoms with E-state index in [1.54, 1.807) is 23.1 Å². The van der Waals surface area contributed by atoms with Crippen LogP contribution in [0.15, 0.2) is 18.2 Å². The van der Waals surface area contributed by atoms with Crippen molar-refractivity contribution in [3.8, 4) is 0 Å². The molecule has 19 heavy (non-hydrogen) atoms. The number of carbonyl (C=O) groups excluding carboxylic acids is 1. The van der Waals surface area contributed by atoms with E-state index < -0.39 is 0 Å². The van der Waals surface area contributed by atoms with E-state index in [4.69, 9.17) is 17.3 Å². The van der Waals surface area contributed by atoms with Gasteiger partial charge in [0.05, 0.1) is 10.6 Å². The van der Waals surface area contributed by atoms with E-state index in [0.29, 0.717) is 22.8 Å². The van der Waals surface area contributed by atoms with Gasteiger partial charge in [0.15, 0.2) is 0 Å². The zero-order chi connectivity index (χ0) is 14.4. The Bertz CT molecular complexity index is 435. The van der Waals surface area contributed by atoms with Gasteiger partial charge in [0, 0.05) is 18.8 Å². The standard InChI is InChI=1S/C14H22ClN3O/c1-4-18(9-5-8-17(2)3)14(19)12-7-6-11(16)10-13(12)15/h6-7,10H,4-5,8-9,16H2,1-3H3. The average Bonchev–Trinajstić information content (AvgIpc) is 2.33. The first-order chi connectivity index (χ1) is 8.95. The Morgan fingerprint density at radius 2 is 2.00 bits per heavy atom. The van der Waals surface area contributed by atoms with E-state index >= 15 is 0 Å². The highest BCUT2D eigenvalue weighted by Gasteiger charge is 2.16. The molecule has 106 valence electrons. The van der Waals surface area contributed by atoms with Crippen LogP contribution in [0.2, 0.25) is 5.02 Å². The second kappa shape index (κ2) is 7.36. The molecule has 0 atom stereocenters. The quantitative estimate of drug-likeness (QED) is 0.815. The highest BCUT2D eigenvalue weighted by molar-refractivity contribution is 6.34. The molecule has 0 fully saturated rings. The van der Waals surface area contributed by atoms with Gasteiger partial charge in [-0.05, 0) is 52.2 Å². The summed E-state index contributed by atoms with van der Waals surface area (Å²) in [5.41, 5.74) is 6.72. The number of hydrogen-bond donors (Lipinski definition) is 1. The highest BCUT2D eigenvalue weighted by atomic mass is 35.5. The molecule has 0 saturated heterocycles. The normalized spacial score (nSPS) is 10.8. The van der Waals surface area contributed by atoms with Crippen molar-refractivity contribution >= 4 is 23.2 Å². The Labute approximate surface area is 120 Å². The van der Waals surface area contributed by atoms with Crippen LogP contribution in [0.25, 0.3) is 0 Å². The van der Waals surface area contributed by atoms with E-state index in [2.05, 4.69) is 4.90 Å². The molecule has 0 aliphatic carbocycles. The maximum Gasteiger partial charge on any atom is 0.255 e. The van der Waals surface area contributed by atoms with E-state index in [-0.39, 0.29) is 5.91 Å². The predicted molar refractivity (Wildman–Crippen MR) is 80.6 cm³/mol. The molecule has 5 heteroatoms. The summed E-state index contributed by atoms with van der Waals surface area (Å²) in [6, 6.07) is 5.00. The van der Waals surface area contributed by atoms with Crippen molar-refractivity contribution in [2.24, 2.45) is 0 Å². The van der Waals surface area contributed by atoms with Gasteiger partial charge in [0.1, 0.15) is 0 Å². The number of hydrogen-bond acceptors (Lipinski definition) is 3. The van der Waals surface area contributed by atoms with Gasteiger partial charge in [0.2, 0.25) is 0 Å². The molecule has 1 amide bonds. The van der Waals surface area contributed by atoms with Crippen molar-refractivity contribution < 1.29 is 4.79 Å². The van der Waals surface area contributed by atoms with Gasteiger partial charge < -0.3 is 15.5 Å². The second-order valence-electron chi connectivity index (χ2n) is 4.78. The molecule has 0 radical (unpaired) electrons. The summed E-state index contributed by atoms with van der Waals surface area (Å²) in [4.78, 5) is 16.3. The van der Waals surface area contributed by atoms with Crippen LogP contribution in [-0.4, -0.2) is 49.4 Å². The van der Waals surface area contributed by atoms with Gasteiger partial charge >= 0.3 is 0 Å². The second-order valence-corrected chi connectivity index (χ2v) is 5.19. The summed E-state index contributed by atoms with van der Waals surface area (Å²) in [5, 5.41) is 0.413. The molecule has 0 spiro atoms. The van der Waals surface area contributed by atoms with Crippen LogP contribution < -0.4 is 5.73 Å². The largest absolute Gasteiger partial charge is 0.399 e. The summed E-state index contributed by atoms with van der Waals surface area (Å²) >= 11 is 6.07. The Kier molecular flexibility index (Phi) is 6.12. The van der Waals surface area contributed by atoms with Crippen LogP contribution in [-0.2, 0) is 0 Å². The molecule has 0 heterocycles.